The minimum atomic E-state index is -0.115. The minimum Gasteiger partial charge on any atom is -0.495 e. The maximum Gasteiger partial charge on any atom is 0.174 e. The fraction of sp³-hybridized carbons (Fsp3) is 0.273. The predicted molar refractivity (Wildman–Crippen MR) is 122 cm³/mol. The summed E-state index contributed by atoms with van der Waals surface area (Å²) in [6.45, 7) is 1.36. The third kappa shape index (κ3) is 3.88. The molecule has 0 radical (unpaired) electrons. The number of aromatic nitrogens is 2. The SMILES string of the molecule is COCCn1cccc1[C@@H]1[C@H](c2ccccn2)NC(=S)N1c1ccc(OC)c(Cl)c1. The maximum absolute atomic E-state index is 6.43. The van der Waals surface area contributed by atoms with Gasteiger partial charge in [-0.2, -0.15) is 0 Å². The Labute approximate surface area is 186 Å². The number of ether oxygens (including phenoxy) is 2. The summed E-state index contributed by atoms with van der Waals surface area (Å²) < 4.78 is 12.8. The van der Waals surface area contributed by atoms with Crippen LogP contribution in [-0.2, 0) is 11.3 Å². The van der Waals surface area contributed by atoms with Gasteiger partial charge in [0.05, 0.1) is 30.5 Å². The molecule has 3 aromatic rings. The lowest BCUT2D eigenvalue weighted by atomic mass is 10.0. The molecule has 0 unspecified atom stereocenters. The quantitative estimate of drug-likeness (QED) is 0.548. The van der Waals surface area contributed by atoms with Crippen molar-refractivity contribution in [2.45, 2.75) is 18.6 Å². The monoisotopic (exact) mass is 442 g/mol. The largest absolute Gasteiger partial charge is 0.495 e. The molecule has 1 fully saturated rings. The van der Waals surface area contributed by atoms with Crippen molar-refractivity contribution in [2.24, 2.45) is 0 Å². The van der Waals surface area contributed by atoms with Crippen LogP contribution in [0.1, 0.15) is 23.5 Å². The highest BCUT2D eigenvalue weighted by atomic mass is 35.5. The summed E-state index contributed by atoms with van der Waals surface area (Å²) in [7, 11) is 3.31. The highest BCUT2D eigenvalue weighted by Crippen LogP contribution is 2.43. The molecule has 1 N–H and O–H groups in total. The van der Waals surface area contributed by atoms with Crippen LogP contribution in [0.25, 0.3) is 0 Å². The van der Waals surface area contributed by atoms with Crippen molar-refractivity contribution >= 4 is 34.6 Å². The van der Waals surface area contributed by atoms with E-state index in [0.717, 1.165) is 23.6 Å². The first-order valence-corrected chi connectivity index (χ1v) is 10.4. The molecule has 0 spiro atoms. The summed E-state index contributed by atoms with van der Waals surface area (Å²) in [6, 6.07) is 15.6. The van der Waals surface area contributed by atoms with Gasteiger partial charge in [0, 0.05) is 37.4 Å². The summed E-state index contributed by atoms with van der Waals surface area (Å²) in [6.07, 6.45) is 3.86. The number of hydrogen-bond acceptors (Lipinski definition) is 4. The molecular formula is C22H23ClN4O2S. The van der Waals surface area contributed by atoms with E-state index in [1.165, 1.54) is 0 Å². The summed E-state index contributed by atoms with van der Waals surface area (Å²) in [5.41, 5.74) is 2.93. The summed E-state index contributed by atoms with van der Waals surface area (Å²) in [5.74, 6) is 0.625. The van der Waals surface area contributed by atoms with Crippen molar-refractivity contribution in [1.29, 1.82) is 0 Å². The van der Waals surface area contributed by atoms with Crippen LogP contribution in [0.5, 0.6) is 5.75 Å². The fourth-order valence-corrected chi connectivity index (χ4v) is 4.43. The average molecular weight is 443 g/mol. The van der Waals surface area contributed by atoms with Crippen LogP contribution < -0.4 is 15.0 Å². The standard InChI is InChI=1S/C22H23ClN4O2S/c1-28-13-12-26-11-5-7-18(26)21-20(17-6-3-4-10-24-17)25-22(30)27(21)15-8-9-19(29-2)16(23)14-15/h3-11,14,20-21H,12-13H2,1-2H3,(H,25,30)/t20-,21+/m0/s1. The number of pyridine rings is 1. The second-order valence-corrected chi connectivity index (χ2v) is 7.73. The van der Waals surface area contributed by atoms with Crippen molar-refractivity contribution in [1.82, 2.24) is 14.9 Å². The topological polar surface area (TPSA) is 51.5 Å². The van der Waals surface area contributed by atoms with Gasteiger partial charge in [-0.05, 0) is 54.7 Å². The first-order chi connectivity index (χ1) is 14.6. The van der Waals surface area contributed by atoms with E-state index >= 15 is 0 Å². The van der Waals surface area contributed by atoms with Crippen LogP contribution in [0.4, 0.5) is 5.69 Å². The number of methoxy groups -OCH3 is 2. The molecule has 8 heteroatoms. The fourth-order valence-electron chi connectivity index (χ4n) is 3.83. The number of thiocarbonyl (C=S) groups is 1. The Morgan fingerprint density at radius 1 is 1.17 bits per heavy atom. The molecule has 2 atom stereocenters. The van der Waals surface area contributed by atoms with E-state index in [0.29, 0.717) is 22.5 Å². The van der Waals surface area contributed by atoms with Crippen LogP contribution in [0.3, 0.4) is 0 Å². The first kappa shape index (κ1) is 20.7. The Morgan fingerprint density at radius 2 is 2.03 bits per heavy atom. The Bertz CT molecular complexity index is 1030. The highest BCUT2D eigenvalue weighted by molar-refractivity contribution is 7.80. The summed E-state index contributed by atoms with van der Waals surface area (Å²) in [4.78, 5) is 6.69. The first-order valence-electron chi connectivity index (χ1n) is 9.62. The molecule has 0 saturated carbocycles. The normalized spacial score (nSPS) is 18.5. The molecule has 1 saturated heterocycles. The predicted octanol–water partition coefficient (Wildman–Crippen LogP) is 4.37. The molecule has 1 aliphatic rings. The van der Waals surface area contributed by atoms with Crippen LogP contribution >= 0.6 is 23.8 Å². The molecule has 156 valence electrons. The van der Waals surface area contributed by atoms with E-state index in [1.54, 1.807) is 20.4 Å². The molecule has 0 aliphatic carbocycles. The van der Waals surface area contributed by atoms with Crippen molar-refractivity contribution in [3.63, 3.8) is 0 Å². The van der Waals surface area contributed by atoms with E-state index in [4.69, 9.17) is 33.3 Å². The van der Waals surface area contributed by atoms with Crippen molar-refractivity contribution in [3.8, 4) is 5.75 Å². The second-order valence-electron chi connectivity index (χ2n) is 6.93. The summed E-state index contributed by atoms with van der Waals surface area (Å²) >= 11 is 12.2. The van der Waals surface area contributed by atoms with Crippen molar-refractivity contribution in [2.75, 3.05) is 25.7 Å². The lowest BCUT2D eigenvalue weighted by Crippen LogP contribution is -2.30. The number of hydrogen-bond donors (Lipinski definition) is 1. The van der Waals surface area contributed by atoms with Gasteiger partial charge in [-0.15, -0.1) is 0 Å². The number of nitrogens with zero attached hydrogens (tertiary/aromatic N) is 3. The van der Waals surface area contributed by atoms with Gasteiger partial charge in [0.1, 0.15) is 11.8 Å². The Hall–Kier alpha value is -2.61. The molecule has 6 nitrogen and oxygen atoms in total. The van der Waals surface area contributed by atoms with Crippen LogP contribution in [0.2, 0.25) is 5.02 Å². The molecule has 3 heterocycles. The van der Waals surface area contributed by atoms with Gasteiger partial charge in [-0.25, -0.2) is 0 Å². The van der Waals surface area contributed by atoms with Crippen LogP contribution in [0.15, 0.2) is 60.9 Å². The zero-order valence-electron chi connectivity index (χ0n) is 16.8. The molecular weight excluding hydrogens is 420 g/mol. The third-order valence-corrected chi connectivity index (χ3v) is 5.83. The number of halogens is 1. The maximum atomic E-state index is 6.43. The lowest BCUT2D eigenvalue weighted by Gasteiger charge is -2.29. The van der Waals surface area contributed by atoms with Crippen LogP contribution in [0, 0.1) is 0 Å². The minimum absolute atomic E-state index is 0.108. The van der Waals surface area contributed by atoms with Crippen LogP contribution in [-0.4, -0.2) is 35.5 Å². The van der Waals surface area contributed by atoms with E-state index < -0.39 is 0 Å². The summed E-state index contributed by atoms with van der Waals surface area (Å²) in [5, 5.41) is 4.62. The third-order valence-electron chi connectivity index (χ3n) is 5.22. The number of anilines is 1. The Balaban J connectivity index is 1.81. The van der Waals surface area contributed by atoms with E-state index in [-0.39, 0.29) is 12.1 Å². The second kappa shape index (κ2) is 9.04. The Kier molecular flexibility index (Phi) is 6.22. The molecule has 4 rings (SSSR count). The van der Waals surface area contributed by atoms with E-state index in [1.807, 2.05) is 42.5 Å². The molecule has 1 aliphatic heterocycles. The zero-order valence-corrected chi connectivity index (χ0v) is 18.4. The molecule has 30 heavy (non-hydrogen) atoms. The van der Waals surface area contributed by atoms with Gasteiger partial charge in [0.15, 0.2) is 5.11 Å². The van der Waals surface area contributed by atoms with Gasteiger partial charge in [0.2, 0.25) is 0 Å². The molecule has 0 bridgehead atoms. The number of rotatable bonds is 7. The van der Waals surface area contributed by atoms with Gasteiger partial charge in [0.25, 0.3) is 0 Å². The number of nitrogens with one attached hydrogen (secondary N) is 1. The Morgan fingerprint density at radius 3 is 2.73 bits per heavy atom. The molecule has 0 amide bonds. The number of benzene rings is 1. The van der Waals surface area contributed by atoms with Gasteiger partial charge in [-0.1, -0.05) is 17.7 Å². The van der Waals surface area contributed by atoms with Gasteiger partial charge >= 0.3 is 0 Å². The zero-order chi connectivity index (χ0) is 21.1. The average Bonchev–Trinajstić information content (AvgIpc) is 3.36. The molecule has 2 aromatic heterocycles. The molecule has 1 aromatic carbocycles. The van der Waals surface area contributed by atoms with Crippen molar-refractivity contribution in [3.05, 3.63) is 77.3 Å². The van der Waals surface area contributed by atoms with Gasteiger partial charge < -0.3 is 24.3 Å². The van der Waals surface area contributed by atoms with Crippen molar-refractivity contribution < 1.29 is 9.47 Å². The lowest BCUT2D eigenvalue weighted by molar-refractivity contribution is 0.186. The van der Waals surface area contributed by atoms with E-state index in [2.05, 4.69) is 32.0 Å². The highest BCUT2D eigenvalue weighted by Gasteiger charge is 2.42. The van der Waals surface area contributed by atoms with Gasteiger partial charge in [-0.3, -0.25) is 4.98 Å². The smallest absolute Gasteiger partial charge is 0.174 e. The van der Waals surface area contributed by atoms with E-state index in [9.17, 15) is 0 Å².